The Morgan fingerprint density at radius 2 is 1.87 bits per heavy atom. The van der Waals surface area contributed by atoms with Gasteiger partial charge in [-0.25, -0.2) is 4.98 Å². The molecule has 0 spiro atoms. The number of aromatic nitrogens is 1. The maximum atomic E-state index is 13.2. The minimum atomic E-state index is -0.311. The van der Waals surface area contributed by atoms with E-state index in [1.807, 2.05) is 61.5 Å². The van der Waals surface area contributed by atoms with Crippen molar-refractivity contribution in [3.63, 3.8) is 0 Å². The molecule has 5 nitrogen and oxygen atoms in total. The summed E-state index contributed by atoms with van der Waals surface area (Å²) in [4.78, 5) is 35.3. The highest BCUT2D eigenvalue weighted by molar-refractivity contribution is 7.15. The Balaban J connectivity index is 1.80. The normalized spacial score (nSPS) is 19.3. The third kappa shape index (κ3) is 3.84. The molecule has 2 aliphatic rings. The van der Waals surface area contributed by atoms with Crippen LogP contribution >= 0.6 is 11.3 Å². The predicted octanol–water partition coefficient (Wildman–Crippen LogP) is 3.72. The van der Waals surface area contributed by atoms with Gasteiger partial charge in [-0.05, 0) is 31.8 Å². The van der Waals surface area contributed by atoms with Gasteiger partial charge in [-0.1, -0.05) is 49.1 Å². The topological polar surface area (TPSA) is 53.5 Å². The van der Waals surface area contributed by atoms with Crippen molar-refractivity contribution in [3.8, 4) is 10.6 Å². The fourth-order valence-electron chi connectivity index (χ4n) is 3.41. The van der Waals surface area contributed by atoms with Crippen molar-refractivity contribution in [2.45, 2.75) is 6.42 Å². The molecular weight excluding hydrogens is 394 g/mol. The molecule has 1 saturated heterocycles. The summed E-state index contributed by atoms with van der Waals surface area (Å²) in [5.74, 6) is -0.605. The maximum Gasteiger partial charge on any atom is 0.261 e. The highest BCUT2D eigenvalue weighted by atomic mass is 32.1. The summed E-state index contributed by atoms with van der Waals surface area (Å²) in [5, 5.41) is 0.910. The van der Waals surface area contributed by atoms with E-state index in [4.69, 9.17) is 4.98 Å². The summed E-state index contributed by atoms with van der Waals surface area (Å²) in [6.45, 7) is 4.99. The molecule has 0 radical (unpaired) electrons. The van der Waals surface area contributed by atoms with Crippen molar-refractivity contribution in [2.75, 3.05) is 27.2 Å². The molecule has 1 aromatic carbocycles. The zero-order valence-electron chi connectivity index (χ0n) is 17.1. The molecule has 30 heavy (non-hydrogen) atoms. The summed E-state index contributed by atoms with van der Waals surface area (Å²) in [6.07, 6.45) is 8.13. The highest BCUT2D eigenvalue weighted by Gasteiger charge is 2.36. The van der Waals surface area contributed by atoms with Crippen LogP contribution in [0.15, 0.2) is 71.9 Å². The monoisotopic (exact) mass is 417 g/mol. The first-order chi connectivity index (χ1) is 14.5. The second kappa shape index (κ2) is 8.34. The molecular formula is C24H23N3O2S. The number of benzene rings is 1. The Bertz CT molecular complexity index is 1110. The quantitative estimate of drug-likeness (QED) is 0.712. The standard InChI is InChI=1S/C24H23N3O2S/c1-16-18-11-7-8-12-21-20(25-22(30-21)17-9-5-4-6-10-17)15-19(16)24(29)27(23(18)28)14-13-26(2)3/h4-11,15H,1,12-14H2,2-3H3/b8-7-,18-11+,19-15?. The fourth-order valence-corrected chi connectivity index (χ4v) is 4.43. The highest BCUT2D eigenvalue weighted by Crippen LogP contribution is 2.34. The minimum Gasteiger partial charge on any atom is -0.308 e. The van der Waals surface area contributed by atoms with Gasteiger partial charge in [0.25, 0.3) is 11.8 Å². The van der Waals surface area contributed by atoms with Gasteiger partial charge in [0.1, 0.15) is 5.01 Å². The van der Waals surface area contributed by atoms with Crippen molar-refractivity contribution in [1.82, 2.24) is 14.8 Å². The lowest BCUT2D eigenvalue weighted by atomic mass is 9.90. The summed E-state index contributed by atoms with van der Waals surface area (Å²) >= 11 is 1.62. The third-order valence-corrected chi connectivity index (χ3v) is 6.25. The number of amides is 2. The smallest absolute Gasteiger partial charge is 0.261 e. The largest absolute Gasteiger partial charge is 0.308 e. The number of hydrogen-bond donors (Lipinski definition) is 0. The number of hydrogen-bond acceptors (Lipinski definition) is 5. The van der Waals surface area contributed by atoms with Crippen molar-refractivity contribution in [2.24, 2.45) is 0 Å². The van der Waals surface area contributed by atoms with Gasteiger partial charge in [-0.3, -0.25) is 14.5 Å². The van der Waals surface area contributed by atoms with E-state index in [9.17, 15) is 9.59 Å². The Morgan fingerprint density at radius 1 is 1.13 bits per heavy atom. The average molecular weight is 418 g/mol. The molecule has 2 aromatic rings. The van der Waals surface area contributed by atoms with Crippen LogP contribution in [0.4, 0.5) is 0 Å². The van der Waals surface area contributed by atoms with Gasteiger partial charge in [-0.15, -0.1) is 11.3 Å². The molecule has 0 unspecified atom stereocenters. The Labute approximate surface area is 180 Å². The number of thiazole rings is 1. The van der Waals surface area contributed by atoms with Gasteiger partial charge in [0.05, 0.1) is 5.69 Å². The number of likely N-dealkylation sites (N-methyl/N-ethyl adjacent to an activating group) is 1. The van der Waals surface area contributed by atoms with Crippen LogP contribution in [0.3, 0.4) is 0 Å². The number of imide groups is 1. The second-order valence-corrected chi connectivity index (χ2v) is 8.59. The molecule has 2 heterocycles. The van der Waals surface area contributed by atoms with E-state index in [-0.39, 0.29) is 11.8 Å². The third-order valence-electron chi connectivity index (χ3n) is 5.10. The Hall–Kier alpha value is -3.09. The van der Waals surface area contributed by atoms with Crippen LogP contribution in [0.2, 0.25) is 0 Å². The van der Waals surface area contributed by atoms with Crippen molar-refractivity contribution in [1.29, 1.82) is 0 Å². The van der Waals surface area contributed by atoms with Gasteiger partial charge in [0.15, 0.2) is 0 Å². The van der Waals surface area contributed by atoms with Crippen LogP contribution in [-0.2, 0) is 16.0 Å². The minimum absolute atomic E-state index is 0.294. The number of carbonyl (C=O) groups excluding carboxylic acids is 2. The number of fused-ring (bicyclic) bond motifs is 3. The molecule has 1 aliphatic heterocycles. The van der Waals surface area contributed by atoms with Crippen molar-refractivity contribution >= 4 is 29.2 Å². The number of rotatable bonds is 4. The van der Waals surface area contributed by atoms with Gasteiger partial charge in [-0.2, -0.15) is 0 Å². The lowest BCUT2D eigenvalue weighted by Gasteiger charge is -2.30. The van der Waals surface area contributed by atoms with Crippen molar-refractivity contribution < 1.29 is 9.59 Å². The van der Waals surface area contributed by atoms with Gasteiger partial charge in [0, 0.05) is 41.1 Å². The molecule has 1 fully saturated rings. The van der Waals surface area contributed by atoms with Crippen LogP contribution in [0.25, 0.3) is 16.6 Å². The van der Waals surface area contributed by atoms with Crippen LogP contribution in [0.5, 0.6) is 0 Å². The van der Waals surface area contributed by atoms with E-state index in [0.717, 1.165) is 21.1 Å². The van der Waals surface area contributed by atoms with E-state index >= 15 is 0 Å². The zero-order valence-corrected chi connectivity index (χ0v) is 17.9. The molecule has 2 amide bonds. The molecule has 152 valence electrons. The summed E-state index contributed by atoms with van der Waals surface area (Å²) in [6, 6.07) is 10.0. The van der Waals surface area contributed by atoms with Crippen LogP contribution in [0.1, 0.15) is 10.6 Å². The first-order valence-electron chi connectivity index (χ1n) is 9.80. The Kier molecular flexibility index (Phi) is 5.61. The SMILES string of the molecule is C=C1C2=Cc3nc(-c4ccccc4)sc3C/C=C\C=C/1C(=O)N(CCN(C)C)C2=O. The van der Waals surface area contributed by atoms with Gasteiger partial charge in [0.2, 0.25) is 0 Å². The van der Waals surface area contributed by atoms with E-state index in [1.165, 1.54) is 4.90 Å². The Morgan fingerprint density at radius 3 is 2.60 bits per heavy atom. The van der Waals surface area contributed by atoms with Crippen LogP contribution < -0.4 is 0 Å². The maximum absolute atomic E-state index is 13.2. The lowest BCUT2D eigenvalue weighted by molar-refractivity contribution is -0.140. The van der Waals surface area contributed by atoms with Gasteiger partial charge >= 0.3 is 0 Å². The zero-order chi connectivity index (χ0) is 21.3. The fraction of sp³-hybridized carbons (Fsp3) is 0.208. The van der Waals surface area contributed by atoms with E-state index in [0.29, 0.717) is 36.2 Å². The van der Waals surface area contributed by atoms with Gasteiger partial charge < -0.3 is 4.90 Å². The molecule has 1 aromatic heterocycles. The number of allylic oxidation sites excluding steroid dienone is 3. The lowest BCUT2D eigenvalue weighted by Crippen LogP contribution is -2.46. The molecule has 6 heteroatoms. The van der Waals surface area contributed by atoms with E-state index < -0.39 is 0 Å². The molecule has 0 saturated carbocycles. The molecule has 1 aliphatic carbocycles. The molecule has 0 N–H and O–H groups in total. The number of carbonyl (C=O) groups is 2. The van der Waals surface area contributed by atoms with Crippen LogP contribution in [0, 0.1) is 0 Å². The predicted molar refractivity (Wildman–Crippen MR) is 121 cm³/mol. The van der Waals surface area contributed by atoms with Crippen LogP contribution in [-0.4, -0.2) is 53.8 Å². The first kappa shape index (κ1) is 20.2. The molecule has 0 atom stereocenters. The van der Waals surface area contributed by atoms with Crippen molar-refractivity contribution in [3.05, 3.63) is 82.4 Å². The first-order valence-corrected chi connectivity index (χ1v) is 10.6. The summed E-state index contributed by atoms with van der Waals surface area (Å²) in [7, 11) is 3.83. The number of likely N-dealkylation sites (tertiary alicyclic amines) is 1. The second-order valence-electron chi connectivity index (χ2n) is 7.51. The molecule has 2 bridgehead atoms. The average Bonchev–Trinajstić information content (AvgIpc) is 3.13. The number of nitrogens with zero attached hydrogens (tertiary/aromatic N) is 3. The summed E-state index contributed by atoms with van der Waals surface area (Å²) < 4.78 is 0. The summed E-state index contributed by atoms with van der Waals surface area (Å²) in [5.41, 5.74) is 3.15. The molecule has 4 rings (SSSR count). The van der Waals surface area contributed by atoms with E-state index in [2.05, 4.69) is 6.58 Å². The van der Waals surface area contributed by atoms with E-state index in [1.54, 1.807) is 23.5 Å². The number of piperidine rings is 1.